The number of nitrogens with zero attached hydrogens (tertiary/aromatic N) is 1. The van der Waals surface area contributed by atoms with Crippen molar-refractivity contribution < 1.29 is 49.1 Å². The van der Waals surface area contributed by atoms with Gasteiger partial charge in [-0.25, -0.2) is 5.43 Å². The number of rotatable bonds is 8. The summed E-state index contributed by atoms with van der Waals surface area (Å²) < 4.78 is 5.87. The number of cyclic esters (lactones) is 1. The Morgan fingerprint density at radius 3 is 2.47 bits per heavy atom. The first-order valence-corrected chi connectivity index (χ1v) is 18.3. The molecule has 7 N–H and O–H groups in total. The summed E-state index contributed by atoms with van der Waals surface area (Å²) in [4.78, 5) is 67.4. The summed E-state index contributed by atoms with van der Waals surface area (Å²) in [7, 11) is 0. The molecule has 3 rings (SSSR count). The lowest BCUT2D eigenvalue weighted by atomic mass is 9.84. The number of amides is 3. The summed E-state index contributed by atoms with van der Waals surface area (Å²) in [5.41, 5.74) is 4.11. The zero-order chi connectivity index (χ0) is 39.2. The van der Waals surface area contributed by atoms with Gasteiger partial charge in [-0.3, -0.25) is 24.2 Å². The number of aliphatic hydroxyl groups is 3. The minimum Gasteiger partial charge on any atom is -0.508 e. The number of aliphatic hydroxyl groups excluding tert-OH is 3. The quantitative estimate of drug-likeness (QED) is 0.151. The number of esters is 1. The molecule has 0 unspecified atom stereocenters. The number of carbonyl (C=O) groups is 5. The maximum absolute atomic E-state index is 14.2. The molecular weight excluding hydrogens is 684 g/mol. The molecule has 0 aromatic heterocycles. The number of hydrogen-bond donors (Lipinski definition) is 7. The van der Waals surface area contributed by atoms with Crippen LogP contribution in [0.5, 0.6) is 5.75 Å². The molecule has 2 aliphatic heterocycles. The zero-order valence-corrected chi connectivity index (χ0v) is 31.2. The van der Waals surface area contributed by atoms with Gasteiger partial charge in [0.1, 0.15) is 35.8 Å². The molecule has 1 aromatic rings. The molecule has 2 heterocycles. The highest BCUT2D eigenvalue weighted by molar-refractivity contribution is 5.93. The van der Waals surface area contributed by atoms with E-state index in [4.69, 9.17) is 4.74 Å². The summed E-state index contributed by atoms with van der Waals surface area (Å²) in [6.45, 7) is 8.03. The lowest BCUT2D eigenvalue weighted by molar-refractivity contribution is -0.156. The van der Waals surface area contributed by atoms with Gasteiger partial charge in [-0.05, 0) is 62.3 Å². The summed E-state index contributed by atoms with van der Waals surface area (Å²) in [6, 6.07) is 2.98. The third-order valence-corrected chi connectivity index (χ3v) is 9.67. The van der Waals surface area contributed by atoms with E-state index in [1.54, 1.807) is 58.1 Å². The maximum atomic E-state index is 14.2. The Morgan fingerprint density at radius 2 is 1.81 bits per heavy atom. The van der Waals surface area contributed by atoms with E-state index in [2.05, 4.69) is 16.1 Å². The molecule has 14 nitrogen and oxygen atoms in total. The fraction of sp³-hybridized carbons (Fsp3) is 0.564. The van der Waals surface area contributed by atoms with Gasteiger partial charge < -0.3 is 40.6 Å². The van der Waals surface area contributed by atoms with Crippen LogP contribution in [0.2, 0.25) is 0 Å². The van der Waals surface area contributed by atoms with Crippen LogP contribution in [0.3, 0.4) is 0 Å². The number of benzene rings is 1. The van der Waals surface area contributed by atoms with Gasteiger partial charge in [0, 0.05) is 31.7 Å². The Labute approximate surface area is 311 Å². The number of Topliss-reactive ketones (excluding diaryl/α,β-unsaturated/α-hetero) is 1. The van der Waals surface area contributed by atoms with Crippen LogP contribution in [0.4, 0.5) is 0 Å². The molecule has 0 saturated carbocycles. The number of ketones is 1. The first kappa shape index (κ1) is 43.0. The SMILES string of the molecule is CC(=O)CC[C@H]1C(=O)N[C@@H](C(C)C)C(=O)N[C@@H](Cc2cccc(O)c2)C(=O)N2CCC[C@H](N2)C(=O)O[C@H](/C(C)=C/CO)C/C=C/C=C/[C@H](O)[C@H](C)[C@H]1O. The molecule has 2 aliphatic rings. The number of fused-ring (bicyclic) bond motifs is 2. The Kier molecular flexibility index (Phi) is 16.9. The predicted octanol–water partition coefficient (Wildman–Crippen LogP) is 1.77. The Balaban J connectivity index is 2.06. The van der Waals surface area contributed by atoms with Crippen molar-refractivity contribution in [1.29, 1.82) is 0 Å². The summed E-state index contributed by atoms with van der Waals surface area (Å²) >= 11 is 0. The van der Waals surface area contributed by atoms with E-state index in [0.29, 0.717) is 24.0 Å². The van der Waals surface area contributed by atoms with Crippen molar-refractivity contribution in [2.24, 2.45) is 17.8 Å². The van der Waals surface area contributed by atoms with Crippen molar-refractivity contribution in [3.8, 4) is 5.75 Å². The van der Waals surface area contributed by atoms with Crippen LogP contribution in [0.1, 0.15) is 72.3 Å². The Morgan fingerprint density at radius 1 is 1.08 bits per heavy atom. The molecule has 8 atom stereocenters. The van der Waals surface area contributed by atoms with E-state index in [9.17, 15) is 44.4 Å². The number of aromatic hydroxyl groups is 1. The Bertz CT molecular complexity index is 1520. The molecule has 0 aliphatic carbocycles. The van der Waals surface area contributed by atoms with Gasteiger partial charge in [-0.1, -0.05) is 63.3 Å². The highest BCUT2D eigenvalue weighted by Gasteiger charge is 2.38. The third kappa shape index (κ3) is 12.9. The van der Waals surface area contributed by atoms with Gasteiger partial charge >= 0.3 is 5.97 Å². The minimum atomic E-state index is -1.40. The second kappa shape index (κ2) is 20.8. The van der Waals surface area contributed by atoms with Gasteiger partial charge in [0.25, 0.3) is 5.91 Å². The van der Waals surface area contributed by atoms with E-state index in [0.717, 1.165) is 0 Å². The van der Waals surface area contributed by atoms with Crippen molar-refractivity contribution in [2.45, 2.75) is 110 Å². The van der Waals surface area contributed by atoms with E-state index in [1.807, 2.05) is 0 Å². The fourth-order valence-corrected chi connectivity index (χ4v) is 6.32. The summed E-state index contributed by atoms with van der Waals surface area (Å²) in [5.74, 6) is -5.28. The number of phenols is 1. The molecule has 0 radical (unpaired) electrons. The summed E-state index contributed by atoms with van der Waals surface area (Å²) in [6.07, 6.45) is 5.51. The number of hydrazine groups is 1. The summed E-state index contributed by atoms with van der Waals surface area (Å²) in [5, 5.41) is 48.7. The number of carbonyl (C=O) groups excluding carboxylic acids is 5. The van der Waals surface area contributed by atoms with Crippen LogP contribution in [-0.2, 0) is 35.1 Å². The van der Waals surface area contributed by atoms with Gasteiger partial charge in [0.05, 0.1) is 24.7 Å². The molecule has 53 heavy (non-hydrogen) atoms. The van der Waals surface area contributed by atoms with Crippen molar-refractivity contribution in [2.75, 3.05) is 13.2 Å². The van der Waals surface area contributed by atoms with Crippen LogP contribution in [0.15, 0.2) is 60.2 Å². The van der Waals surface area contributed by atoms with Crippen LogP contribution in [0.25, 0.3) is 0 Å². The number of ether oxygens (including phenoxy) is 1. The maximum Gasteiger partial charge on any atom is 0.325 e. The number of phenolic OH excluding ortho intramolecular Hbond substituents is 1. The molecular formula is C39H56N4O10. The largest absolute Gasteiger partial charge is 0.508 e. The second-order valence-electron chi connectivity index (χ2n) is 14.3. The first-order chi connectivity index (χ1) is 25.1. The van der Waals surface area contributed by atoms with E-state index in [1.165, 1.54) is 36.2 Å². The normalized spacial score (nSPS) is 30.0. The average Bonchev–Trinajstić information content (AvgIpc) is 3.11. The number of hydrogen-bond acceptors (Lipinski definition) is 11. The van der Waals surface area contributed by atoms with E-state index < -0.39 is 77.9 Å². The molecule has 292 valence electrons. The van der Waals surface area contributed by atoms with Crippen LogP contribution < -0.4 is 16.1 Å². The second-order valence-corrected chi connectivity index (χ2v) is 14.3. The minimum absolute atomic E-state index is 0.0186. The van der Waals surface area contributed by atoms with Crippen LogP contribution in [-0.4, -0.2) is 104 Å². The van der Waals surface area contributed by atoms with E-state index >= 15 is 0 Å². The standard InChI is InChI=1S/C39H56N4O10/c1-23(2)34-37(50)40-31(22-27-11-9-12-28(46)21-27)38(51)43-19-10-13-30(42-43)39(52)53-33(24(3)18-20-44)15-8-6-7-14-32(47)26(5)35(48)29(36(49)41-34)17-16-25(4)45/h6-9,11-12,14,18,21,23,26,29-35,42,44,46-48H,10,13,15-17,19-20,22H2,1-5H3,(H,40,50)(H,41,49)/b8-6+,14-7+,24-18+/t26-,29+,30-,31-,32-,33-,34-,35+/m0/s1. The fourth-order valence-electron chi connectivity index (χ4n) is 6.32. The van der Waals surface area contributed by atoms with Crippen molar-refractivity contribution in [3.63, 3.8) is 0 Å². The van der Waals surface area contributed by atoms with Crippen LogP contribution in [0, 0.1) is 17.8 Å². The topological polar surface area (TPSA) is 215 Å². The van der Waals surface area contributed by atoms with Gasteiger partial charge in [0.2, 0.25) is 11.8 Å². The lowest BCUT2D eigenvalue weighted by Gasteiger charge is -2.36. The molecule has 1 fully saturated rings. The molecule has 0 spiro atoms. The van der Waals surface area contributed by atoms with Crippen molar-refractivity contribution in [3.05, 3.63) is 65.8 Å². The highest BCUT2D eigenvalue weighted by atomic mass is 16.5. The zero-order valence-electron chi connectivity index (χ0n) is 31.2. The number of allylic oxidation sites excluding steroid dienone is 2. The lowest BCUT2D eigenvalue weighted by Crippen LogP contribution is -2.62. The van der Waals surface area contributed by atoms with Gasteiger partial charge in [0.15, 0.2) is 0 Å². The third-order valence-electron chi connectivity index (χ3n) is 9.67. The van der Waals surface area contributed by atoms with E-state index in [-0.39, 0.29) is 50.4 Å². The smallest absolute Gasteiger partial charge is 0.325 e. The molecule has 1 saturated heterocycles. The van der Waals surface area contributed by atoms with Gasteiger partial charge in [-0.2, -0.15) is 0 Å². The first-order valence-electron chi connectivity index (χ1n) is 18.3. The Hall–Kier alpha value is -4.37. The number of nitrogens with one attached hydrogen (secondary N) is 3. The van der Waals surface area contributed by atoms with Crippen molar-refractivity contribution >= 4 is 29.5 Å². The average molecular weight is 741 g/mol. The molecule has 1 aromatic carbocycles. The van der Waals surface area contributed by atoms with Gasteiger partial charge in [-0.15, -0.1) is 0 Å². The highest BCUT2D eigenvalue weighted by Crippen LogP contribution is 2.24. The predicted molar refractivity (Wildman–Crippen MR) is 197 cm³/mol. The van der Waals surface area contributed by atoms with Crippen LogP contribution >= 0.6 is 0 Å². The molecule has 14 heteroatoms. The molecule has 2 bridgehead atoms. The molecule has 3 amide bonds. The van der Waals surface area contributed by atoms with Crippen molar-refractivity contribution in [1.82, 2.24) is 21.1 Å². The monoisotopic (exact) mass is 740 g/mol.